The van der Waals surface area contributed by atoms with Gasteiger partial charge in [-0.3, -0.25) is 0 Å². The summed E-state index contributed by atoms with van der Waals surface area (Å²) in [6.07, 6.45) is 3.61. The number of benzene rings is 1. The quantitative estimate of drug-likeness (QED) is 0.817. The first-order valence-electron chi connectivity index (χ1n) is 7.13. The molecule has 0 amide bonds. The third-order valence-electron chi connectivity index (χ3n) is 3.54. The average molecular weight is 248 g/mol. The van der Waals surface area contributed by atoms with Crippen molar-refractivity contribution in [3.63, 3.8) is 0 Å². The molecule has 0 radical (unpaired) electrons. The monoisotopic (exact) mass is 248 g/mol. The first kappa shape index (κ1) is 15.2. The molecule has 0 aliphatic carbocycles. The van der Waals surface area contributed by atoms with Crippen molar-refractivity contribution in [2.45, 2.75) is 65.2 Å². The molecule has 0 aliphatic rings. The highest BCUT2D eigenvalue weighted by atomic mass is 16.3. The van der Waals surface area contributed by atoms with Crippen molar-refractivity contribution in [3.8, 4) is 0 Å². The van der Waals surface area contributed by atoms with Gasteiger partial charge in [-0.1, -0.05) is 59.2 Å². The summed E-state index contributed by atoms with van der Waals surface area (Å²) < 4.78 is 0. The lowest BCUT2D eigenvalue weighted by Gasteiger charge is -2.23. The smallest absolute Gasteiger partial charge is 0.0497 e. The molecule has 102 valence electrons. The lowest BCUT2D eigenvalue weighted by atomic mass is 9.83. The fourth-order valence-corrected chi connectivity index (χ4v) is 2.07. The van der Waals surface area contributed by atoms with Crippen molar-refractivity contribution in [3.05, 3.63) is 34.9 Å². The van der Waals surface area contributed by atoms with Crippen molar-refractivity contribution in [1.82, 2.24) is 0 Å². The lowest BCUT2D eigenvalue weighted by Crippen LogP contribution is -2.13. The van der Waals surface area contributed by atoms with Gasteiger partial charge in [0.1, 0.15) is 0 Å². The fraction of sp³-hybridized carbons (Fsp3) is 0.647. The zero-order chi connectivity index (χ0) is 13.8. The van der Waals surface area contributed by atoms with Gasteiger partial charge in [0.2, 0.25) is 0 Å². The third-order valence-corrected chi connectivity index (χ3v) is 3.54. The van der Waals surface area contributed by atoms with Gasteiger partial charge in [0.05, 0.1) is 0 Å². The molecule has 1 aromatic carbocycles. The standard InChI is InChI=1S/C17H28O/c1-6-7-8-14-9-15(13(2)12-18)11-16(10-14)17(3,4)5/h9-11,13,18H,6-8,12H2,1-5H3. The number of aliphatic hydroxyl groups is 1. The maximum atomic E-state index is 9.35. The van der Waals surface area contributed by atoms with Gasteiger partial charge in [0, 0.05) is 12.5 Å². The van der Waals surface area contributed by atoms with Gasteiger partial charge in [0.25, 0.3) is 0 Å². The second-order valence-corrected chi connectivity index (χ2v) is 6.40. The van der Waals surface area contributed by atoms with E-state index in [1.54, 1.807) is 0 Å². The van der Waals surface area contributed by atoms with Crippen molar-refractivity contribution >= 4 is 0 Å². The summed E-state index contributed by atoms with van der Waals surface area (Å²) >= 11 is 0. The second kappa shape index (κ2) is 6.38. The molecular formula is C17H28O. The molecule has 1 unspecified atom stereocenters. The number of unbranched alkanes of at least 4 members (excludes halogenated alkanes) is 1. The summed E-state index contributed by atoms with van der Waals surface area (Å²) in [5, 5.41) is 9.35. The van der Waals surface area contributed by atoms with E-state index < -0.39 is 0 Å². The van der Waals surface area contributed by atoms with Crippen LogP contribution < -0.4 is 0 Å². The summed E-state index contributed by atoms with van der Waals surface area (Å²) in [7, 11) is 0. The SMILES string of the molecule is CCCCc1cc(C(C)CO)cc(C(C)(C)C)c1. The zero-order valence-electron chi connectivity index (χ0n) is 12.6. The van der Waals surface area contributed by atoms with Crippen LogP contribution in [0.3, 0.4) is 0 Å². The van der Waals surface area contributed by atoms with E-state index in [4.69, 9.17) is 0 Å². The molecule has 1 rings (SSSR count). The van der Waals surface area contributed by atoms with Crippen LogP contribution >= 0.6 is 0 Å². The first-order valence-corrected chi connectivity index (χ1v) is 7.13. The number of hydrogen-bond donors (Lipinski definition) is 1. The molecular weight excluding hydrogens is 220 g/mol. The summed E-state index contributed by atoms with van der Waals surface area (Å²) in [4.78, 5) is 0. The molecule has 18 heavy (non-hydrogen) atoms. The molecule has 1 aromatic rings. The summed E-state index contributed by atoms with van der Waals surface area (Å²) in [6, 6.07) is 6.87. The molecule has 0 saturated heterocycles. The molecule has 0 aliphatic heterocycles. The topological polar surface area (TPSA) is 20.2 Å². The largest absolute Gasteiger partial charge is 0.396 e. The molecule has 1 N–H and O–H groups in total. The van der Waals surface area contributed by atoms with Gasteiger partial charge in [-0.2, -0.15) is 0 Å². The van der Waals surface area contributed by atoms with Crippen LogP contribution in [0, 0.1) is 0 Å². The third kappa shape index (κ3) is 4.13. The van der Waals surface area contributed by atoms with Crippen LogP contribution in [0.1, 0.15) is 70.1 Å². The maximum Gasteiger partial charge on any atom is 0.0497 e. The molecule has 0 fully saturated rings. The van der Waals surface area contributed by atoms with Crippen LogP contribution in [0.25, 0.3) is 0 Å². The Labute approximate surface area is 112 Å². The lowest BCUT2D eigenvalue weighted by molar-refractivity contribution is 0.273. The van der Waals surface area contributed by atoms with E-state index in [9.17, 15) is 5.11 Å². The molecule has 1 nitrogen and oxygen atoms in total. The van der Waals surface area contributed by atoms with E-state index in [0.29, 0.717) is 0 Å². The maximum absolute atomic E-state index is 9.35. The van der Waals surface area contributed by atoms with E-state index >= 15 is 0 Å². The highest BCUT2D eigenvalue weighted by molar-refractivity contribution is 5.36. The minimum atomic E-state index is 0.173. The molecule has 0 aromatic heterocycles. The normalized spacial score (nSPS) is 13.7. The predicted octanol–water partition coefficient (Wildman–Crippen LogP) is 4.42. The Hall–Kier alpha value is -0.820. The Bertz CT molecular complexity index is 374. The first-order chi connectivity index (χ1) is 8.38. The van der Waals surface area contributed by atoms with Crippen molar-refractivity contribution in [1.29, 1.82) is 0 Å². The molecule has 0 saturated carbocycles. The van der Waals surface area contributed by atoms with Gasteiger partial charge in [-0.05, 0) is 34.9 Å². The number of aliphatic hydroxyl groups excluding tert-OH is 1. The van der Waals surface area contributed by atoms with E-state index in [-0.39, 0.29) is 17.9 Å². The highest BCUT2D eigenvalue weighted by Crippen LogP contribution is 2.28. The van der Waals surface area contributed by atoms with Crippen LogP contribution in [0.5, 0.6) is 0 Å². The molecule has 0 spiro atoms. The summed E-state index contributed by atoms with van der Waals surface area (Å²) in [6.45, 7) is 11.3. The Morgan fingerprint density at radius 1 is 1.17 bits per heavy atom. The van der Waals surface area contributed by atoms with Crippen LogP contribution in [-0.4, -0.2) is 11.7 Å². The highest BCUT2D eigenvalue weighted by Gasteiger charge is 2.16. The van der Waals surface area contributed by atoms with Crippen molar-refractivity contribution < 1.29 is 5.11 Å². The van der Waals surface area contributed by atoms with E-state index in [1.807, 2.05) is 0 Å². The fourth-order valence-electron chi connectivity index (χ4n) is 2.07. The van der Waals surface area contributed by atoms with Crippen LogP contribution in [0.4, 0.5) is 0 Å². The minimum absolute atomic E-state index is 0.173. The molecule has 1 atom stereocenters. The van der Waals surface area contributed by atoms with Crippen molar-refractivity contribution in [2.24, 2.45) is 0 Å². The van der Waals surface area contributed by atoms with Crippen LogP contribution in [-0.2, 0) is 11.8 Å². The van der Waals surface area contributed by atoms with Crippen molar-refractivity contribution in [2.75, 3.05) is 6.61 Å². The number of rotatable bonds is 5. The second-order valence-electron chi connectivity index (χ2n) is 6.40. The van der Waals surface area contributed by atoms with Crippen LogP contribution in [0.15, 0.2) is 18.2 Å². The molecule has 0 bridgehead atoms. The molecule has 0 heterocycles. The number of hydrogen-bond acceptors (Lipinski definition) is 1. The van der Waals surface area contributed by atoms with E-state index in [1.165, 1.54) is 29.5 Å². The summed E-state index contributed by atoms with van der Waals surface area (Å²) in [5.41, 5.74) is 4.24. The Morgan fingerprint density at radius 3 is 2.33 bits per heavy atom. The average Bonchev–Trinajstić information content (AvgIpc) is 2.33. The van der Waals surface area contributed by atoms with E-state index in [0.717, 1.165) is 6.42 Å². The zero-order valence-corrected chi connectivity index (χ0v) is 12.6. The number of aryl methyl sites for hydroxylation is 1. The van der Waals surface area contributed by atoms with Gasteiger partial charge >= 0.3 is 0 Å². The van der Waals surface area contributed by atoms with Crippen LogP contribution in [0.2, 0.25) is 0 Å². The molecule has 1 heteroatoms. The van der Waals surface area contributed by atoms with E-state index in [2.05, 4.69) is 52.8 Å². The van der Waals surface area contributed by atoms with Gasteiger partial charge in [0.15, 0.2) is 0 Å². The Morgan fingerprint density at radius 2 is 1.83 bits per heavy atom. The Balaban J connectivity index is 3.12. The minimum Gasteiger partial charge on any atom is -0.396 e. The van der Waals surface area contributed by atoms with Gasteiger partial charge in [-0.25, -0.2) is 0 Å². The predicted molar refractivity (Wildman–Crippen MR) is 79.3 cm³/mol. The van der Waals surface area contributed by atoms with Gasteiger partial charge < -0.3 is 5.11 Å². The Kier molecular flexibility index (Phi) is 5.40. The van der Waals surface area contributed by atoms with Gasteiger partial charge in [-0.15, -0.1) is 0 Å². The summed E-state index contributed by atoms with van der Waals surface area (Å²) in [5.74, 6) is 0.229.